The van der Waals surface area contributed by atoms with Crippen molar-refractivity contribution in [3.8, 4) is 0 Å². The zero-order valence-electron chi connectivity index (χ0n) is 9.67. The Morgan fingerprint density at radius 3 is 2.18 bits per heavy atom. The van der Waals surface area contributed by atoms with E-state index >= 15 is 0 Å². The van der Waals surface area contributed by atoms with Crippen LogP contribution in [0.2, 0.25) is 0 Å². The lowest BCUT2D eigenvalue weighted by Gasteiger charge is -2.33. The largest absolute Gasteiger partial charge is 0.478 e. The van der Waals surface area contributed by atoms with Crippen molar-refractivity contribution in [2.45, 2.75) is 37.8 Å². The van der Waals surface area contributed by atoms with Gasteiger partial charge < -0.3 is 14.7 Å². The highest BCUT2D eigenvalue weighted by Crippen LogP contribution is 2.31. The van der Waals surface area contributed by atoms with Crippen molar-refractivity contribution in [3.63, 3.8) is 0 Å². The molecular weight excluding hydrogens is 222 g/mol. The third-order valence-electron chi connectivity index (χ3n) is 3.15. The smallest absolute Gasteiger partial charge is 0.328 e. The molecule has 1 aliphatic heterocycles. The van der Waals surface area contributed by atoms with Gasteiger partial charge in [-0.25, -0.2) is 4.79 Å². The molecule has 0 spiro atoms. The van der Waals surface area contributed by atoms with Crippen LogP contribution in [0.1, 0.15) is 25.7 Å². The fourth-order valence-corrected chi connectivity index (χ4v) is 2.20. The molecule has 0 aromatic carbocycles. The van der Waals surface area contributed by atoms with Crippen LogP contribution in [0, 0.1) is 0 Å². The highest BCUT2D eigenvalue weighted by Gasteiger charge is 2.36. The third-order valence-corrected chi connectivity index (χ3v) is 3.15. The van der Waals surface area contributed by atoms with Crippen LogP contribution in [0.4, 0.5) is 0 Å². The molecule has 94 valence electrons. The number of hydrogen-bond donors (Lipinski definition) is 1. The van der Waals surface area contributed by atoms with Gasteiger partial charge in [0.1, 0.15) is 0 Å². The number of aliphatic carboxylic acids is 1. The number of ether oxygens (including phenoxy) is 1. The van der Waals surface area contributed by atoms with Gasteiger partial charge >= 0.3 is 5.97 Å². The van der Waals surface area contributed by atoms with Crippen LogP contribution in [0.15, 0.2) is 12.2 Å². The van der Waals surface area contributed by atoms with Gasteiger partial charge in [0, 0.05) is 37.4 Å². The van der Waals surface area contributed by atoms with Crippen molar-refractivity contribution in [2.24, 2.45) is 0 Å². The maximum Gasteiger partial charge on any atom is 0.328 e. The number of carbonyl (C=O) groups is 2. The Hall–Kier alpha value is -1.36. The van der Waals surface area contributed by atoms with Crippen LogP contribution in [-0.4, -0.2) is 47.2 Å². The van der Waals surface area contributed by atoms with Crippen LogP contribution in [0.25, 0.3) is 0 Å². The van der Waals surface area contributed by atoms with Crippen LogP contribution in [-0.2, 0) is 14.3 Å². The number of carboxylic acid groups (broad SMARTS) is 1. The highest BCUT2D eigenvalue weighted by molar-refractivity contribution is 5.94. The first kappa shape index (κ1) is 12.1. The fraction of sp³-hybridized carbons (Fsp3) is 0.667. The summed E-state index contributed by atoms with van der Waals surface area (Å²) in [5.41, 5.74) is 0. The van der Waals surface area contributed by atoms with E-state index in [9.17, 15) is 9.59 Å². The topological polar surface area (TPSA) is 66.8 Å². The zero-order chi connectivity index (χ0) is 12.3. The Morgan fingerprint density at radius 2 is 1.65 bits per heavy atom. The number of carbonyl (C=O) groups excluding carboxylic acids is 1. The van der Waals surface area contributed by atoms with E-state index in [1.54, 1.807) is 0 Å². The molecule has 1 saturated carbocycles. The van der Waals surface area contributed by atoms with Gasteiger partial charge in [0.2, 0.25) is 5.91 Å². The van der Waals surface area contributed by atoms with E-state index in [0.717, 1.165) is 37.8 Å². The SMILES string of the molecule is O=C(O)/C=C/C(=O)N(C1CCOCC1)C1CC1. The summed E-state index contributed by atoms with van der Waals surface area (Å²) in [5.74, 6) is -1.26. The van der Waals surface area contributed by atoms with Gasteiger partial charge in [0.25, 0.3) is 0 Å². The summed E-state index contributed by atoms with van der Waals surface area (Å²) in [5, 5.41) is 8.53. The molecule has 0 unspecified atom stereocenters. The van der Waals surface area contributed by atoms with Gasteiger partial charge in [-0.2, -0.15) is 0 Å². The molecule has 0 aromatic rings. The van der Waals surface area contributed by atoms with Crippen molar-refractivity contribution < 1.29 is 19.4 Å². The van der Waals surface area contributed by atoms with Gasteiger partial charge in [-0.05, 0) is 25.7 Å². The first-order chi connectivity index (χ1) is 8.18. The van der Waals surface area contributed by atoms with Crippen molar-refractivity contribution in [1.29, 1.82) is 0 Å². The van der Waals surface area contributed by atoms with E-state index in [2.05, 4.69) is 0 Å². The molecule has 2 aliphatic rings. The van der Waals surface area contributed by atoms with Crippen molar-refractivity contribution >= 4 is 11.9 Å². The van der Waals surface area contributed by atoms with Crippen molar-refractivity contribution in [2.75, 3.05) is 13.2 Å². The van der Waals surface area contributed by atoms with E-state index < -0.39 is 5.97 Å². The molecule has 1 amide bonds. The number of amides is 1. The summed E-state index contributed by atoms with van der Waals surface area (Å²) < 4.78 is 5.28. The first-order valence-corrected chi connectivity index (χ1v) is 5.99. The molecule has 1 N–H and O–H groups in total. The molecule has 1 aliphatic carbocycles. The normalized spacial score (nSPS) is 21.6. The van der Waals surface area contributed by atoms with Crippen LogP contribution < -0.4 is 0 Å². The summed E-state index contributed by atoms with van der Waals surface area (Å²) in [6.45, 7) is 1.37. The molecule has 17 heavy (non-hydrogen) atoms. The second kappa shape index (κ2) is 5.31. The molecule has 0 atom stereocenters. The molecule has 2 fully saturated rings. The van der Waals surface area contributed by atoms with E-state index in [1.807, 2.05) is 4.90 Å². The Kier molecular flexibility index (Phi) is 3.78. The van der Waals surface area contributed by atoms with Crippen molar-refractivity contribution in [3.05, 3.63) is 12.2 Å². The molecule has 1 heterocycles. The molecule has 1 saturated heterocycles. The Morgan fingerprint density at radius 1 is 1.06 bits per heavy atom. The Balaban J connectivity index is 2.00. The third kappa shape index (κ3) is 3.30. The highest BCUT2D eigenvalue weighted by atomic mass is 16.5. The van der Waals surface area contributed by atoms with Gasteiger partial charge in [-0.15, -0.1) is 0 Å². The zero-order valence-corrected chi connectivity index (χ0v) is 9.67. The summed E-state index contributed by atoms with van der Waals surface area (Å²) in [7, 11) is 0. The predicted molar refractivity (Wildman–Crippen MR) is 60.5 cm³/mol. The molecule has 5 nitrogen and oxygen atoms in total. The maximum atomic E-state index is 12.0. The lowest BCUT2D eigenvalue weighted by atomic mass is 10.1. The maximum absolute atomic E-state index is 12.0. The predicted octanol–water partition coefficient (Wildman–Crippen LogP) is 0.797. The van der Waals surface area contributed by atoms with Crippen LogP contribution in [0.3, 0.4) is 0 Å². The molecular formula is C12H17NO4. The minimum Gasteiger partial charge on any atom is -0.478 e. The first-order valence-electron chi connectivity index (χ1n) is 5.99. The Labute approximate surface area is 100 Å². The minimum atomic E-state index is -1.08. The molecule has 0 radical (unpaired) electrons. The van der Waals surface area contributed by atoms with Crippen LogP contribution in [0.5, 0.6) is 0 Å². The summed E-state index contributed by atoms with van der Waals surface area (Å²) in [6.07, 6.45) is 5.84. The molecule has 0 aromatic heterocycles. The molecule has 0 bridgehead atoms. The van der Waals surface area contributed by atoms with Gasteiger partial charge in [-0.1, -0.05) is 0 Å². The standard InChI is InChI=1S/C12H17NO4/c14-11(3-4-12(15)16)13(9-1-2-9)10-5-7-17-8-6-10/h3-4,9-10H,1-2,5-8H2,(H,15,16)/b4-3+. The van der Waals surface area contributed by atoms with E-state index in [0.29, 0.717) is 19.3 Å². The average Bonchev–Trinajstić information content (AvgIpc) is 3.12. The Bertz CT molecular complexity index is 329. The minimum absolute atomic E-state index is 0.179. The van der Waals surface area contributed by atoms with Gasteiger partial charge in [0.05, 0.1) is 0 Å². The number of carboxylic acids is 1. The van der Waals surface area contributed by atoms with Crippen LogP contribution >= 0.6 is 0 Å². The quantitative estimate of drug-likeness (QED) is 0.737. The van der Waals surface area contributed by atoms with Crippen molar-refractivity contribution in [1.82, 2.24) is 4.90 Å². The average molecular weight is 239 g/mol. The molecule has 2 rings (SSSR count). The van der Waals surface area contributed by atoms with E-state index in [4.69, 9.17) is 9.84 Å². The molecule has 5 heteroatoms. The second-order valence-electron chi connectivity index (χ2n) is 4.49. The summed E-state index contributed by atoms with van der Waals surface area (Å²) in [4.78, 5) is 24.2. The van der Waals surface area contributed by atoms with E-state index in [1.165, 1.54) is 0 Å². The van der Waals surface area contributed by atoms with Gasteiger partial charge in [-0.3, -0.25) is 4.79 Å². The van der Waals surface area contributed by atoms with Gasteiger partial charge in [0.15, 0.2) is 0 Å². The summed E-state index contributed by atoms with van der Waals surface area (Å²) >= 11 is 0. The number of rotatable bonds is 4. The number of nitrogens with zero attached hydrogens (tertiary/aromatic N) is 1. The fourth-order valence-electron chi connectivity index (χ4n) is 2.20. The summed E-state index contributed by atoms with van der Waals surface area (Å²) in [6, 6.07) is 0.520. The second-order valence-corrected chi connectivity index (χ2v) is 4.49. The number of hydrogen-bond acceptors (Lipinski definition) is 3. The van der Waals surface area contributed by atoms with E-state index in [-0.39, 0.29) is 11.9 Å². The monoisotopic (exact) mass is 239 g/mol. The lowest BCUT2D eigenvalue weighted by Crippen LogP contribution is -2.44. The lowest BCUT2D eigenvalue weighted by molar-refractivity contribution is -0.133.